The van der Waals surface area contributed by atoms with Crippen LogP contribution in [0, 0.1) is 11.7 Å². The van der Waals surface area contributed by atoms with Crippen LogP contribution in [0.2, 0.25) is 0 Å². The second kappa shape index (κ2) is 5.90. The van der Waals surface area contributed by atoms with Gasteiger partial charge >= 0.3 is 0 Å². The minimum Gasteiger partial charge on any atom is -0.316 e. The van der Waals surface area contributed by atoms with Gasteiger partial charge in [0.1, 0.15) is 5.82 Å². The molecule has 1 aromatic carbocycles. The minimum absolute atomic E-state index is 0.0247. The molecule has 124 valence electrons. The van der Waals surface area contributed by atoms with E-state index in [4.69, 9.17) is 0 Å². The Morgan fingerprint density at radius 1 is 1.30 bits per heavy atom. The molecule has 1 aromatic rings. The highest BCUT2D eigenvalue weighted by Crippen LogP contribution is 2.41. The number of benzene rings is 1. The second-order valence-corrected chi connectivity index (χ2v) is 9.39. The van der Waals surface area contributed by atoms with Gasteiger partial charge in [-0.1, -0.05) is 25.6 Å². The number of amides is 1. The molecule has 2 fully saturated rings. The molecule has 0 aromatic heterocycles. The van der Waals surface area contributed by atoms with E-state index in [0.29, 0.717) is 10.9 Å². The van der Waals surface area contributed by atoms with Gasteiger partial charge in [0.05, 0.1) is 17.5 Å². The zero-order valence-corrected chi connectivity index (χ0v) is 14.4. The molecule has 8 heteroatoms. The molecular formula is C15H17FN2O3S2. The molecule has 2 aliphatic heterocycles. The molecule has 23 heavy (non-hydrogen) atoms. The van der Waals surface area contributed by atoms with Gasteiger partial charge in [0, 0.05) is 16.9 Å². The molecule has 2 heterocycles. The summed E-state index contributed by atoms with van der Waals surface area (Å²) in [6, 6.07) is 5.53. The second-order valence-electron chi connectivity index (χ2n) is 6.03. The number of hydrogen-bond acceptors (Lipinski definition) is 4. The SMILES string of the molecule is CC(C)C(=O)N=C1S[C@@H]2CS(=O)(=O)C[C@@H]2N1c1ccc(F)cc1. The van der Waals surface area contributed by atoms with Crippen molar-refractivity contribution in [1.82, 2.24) is 0 Å². The van der Waals surface area contributed by atoms with Crippen LogP contribution in [-0.2, 0) is 14.6 Å². The number of carbonyl (C=O) groups excluding carboxylic acids is 1. The van der Waals surface area contributed by atoms with Crippen LogP contribution in [-0.4, -0.2) is 42.3 Å². The number of rotatable bonds is 2. The largest absolute Gasteiger partial charge is 0.316 e. The number of halogens is 1. The topological polar surface area (TPSA) is 66.8 Å². The van der Waals surface area contributed by atoms with Gasteiger partial charge in [-0.15, -0.1) is 0 Å². The van der Waals surface area contributed by atoms with E-state index >= 15 is 0 Å². The maximum atomic E-state index is 13.2. The fourth-order valence-corrected chi connectivity index (χ4v) is 6.61. The molecule has 0 N–H and O–H groups in total. The summed E-state index contributed by atoms with van der Waals surface area (Å²) in [5.74, 6) is -0.746. The zero-order chi connectivity index (χ0) is 16.8. The number of fused-ring (bicyclic) bond motifs is 1. The molecule has 0 radical (unpaired) electrons. The van der Waals surface area contributed by atoms with Crippen LogP contribution >= 0.6 is 11.8 Å². The van der Waals surface area contributed by atoms with Crippen molar-refractivity contribution in [3.63, 3.8) is 0 Å². The Hall–Kier alpha value is -1.41. The van der Waals surface area contributed by atoms with E-state index in [-0.39, 0.29) is 40.4 Å². The van der Waals surface area contributed by atoms with Gasteiger partial charge in [-0.3, -0.25) is 4.79 Å². The predicted octanol–water partition coefficient (Wildman–Crippen LogP) is 2.08. The normalized spacial score (nSPS) is 27.7. The van der Waals surface area contributed by atoms with Crippen LogP contribution < -0.4 is 4.90 Å². The third-order valence-corrected chi connectivity index (χ3v) is 7.08. The molecular weight excluding hydrogens is 339 g/mol. The summed E-state index contributed by atoms with van der Waals surface area (Å²) in [6.45, 7) is 3.53. The quantitative estimate of drug-likeness (QED) is 0.812. The lowest BCUT2D eigenvalue weighted by Gasteiger charge is -2.24. The number of amidine groups is 1. The first-order chi connectivity index (χ1) is 10.8. The summed E-state index contributed by atoms with van der Waals surface area (Å²) in [4.78, 5) is 17.9. The van der Waals surface area contributed by atoms with Crippen LogP contribution in [0.5, 0.6) is 0 Å². The average Bonchev–Trinajstić information content (AvgIpc) is 2.91. The highest BCUT2D eigenvalue weighted by Gasteiger charge is 2.49. The number of thioether (sulfide) groups is 1. The van der Waals surface area contributed by atoms with Crippen LogP contribution in [0.3, 0.4) is 0 Å². The summed E-state index contributed by atoms with van der Waals surface area (Å²) >= 11 is 1.32. The van der Waals surface area contributed by atoms with Crippen molar-refractivity contribution in [3.05, 3.63) is 30.1 Å². The van der Waals surface area contributed by atoms with E-state index in [2.05, 4.69) is 4.99 Å². The lowest BCUT2D eigenvalue weighted by Crippen LogP contribution is -2.37. The molecule has 0 unspecified atom stereocenters. The Kier molecular flexibility index (Phi) is 4.22. The molecule has 1 amide bonds. The van der Waals surface area contributed by atoms with Crippen molar-refractivity contribution in [2.45, 2.75) is 25.1 Å². The van der Waals surface area contributed by atoms with Gasteiger partial charge in [-0.2, -0.15) is 4.99 Å². The first-order valence-electron chi connectivity index (χ1n) is 7.31. The van der Waals surface area contributed by atoms with Gasteiger partial charge in [0.15, 0.2) is 15.0 Å². The number of hydrogen-bond donors (Lipinski definition) is 0. The molecule has 0 saturated carbocycles. The summed E-state index contributed by atoms with van der Waals surface area (Å²) in [5.41, 5.74) is 0.652. The number of nitrogens with zero attached hydrogens (tertiary/aromatic N) is 2. The molecule has 2 saturated heterocycles. The Bertz CT molecular complexity index is 759. The number of aliphatic imine (C=N–C) groups is 1. The van der Waals surface area contributed by atoms with Crippen molar-refractivity contribution >= 4 is 38.4 Å². The molecule has 0 bridgehead atoms. The first kappa shape index (κ1) is 16.4. The smallest absolute Gasteiger partial charge is 0.250 e. The lowest BCUT2D eigenvalue weighted by molar-refractivity contribution is -0.120. The van der Waals surface area contributed by atoms with Gasteiger partial charge in [0.25, 0.3) is 5.91 Å². The van der Waals surface area contributed by atoms with Crippen molar-refractivity contribution < 1.29 is 17.6 Å². The van der Waals surface area contributed by atoms with E-state index in [1.54, 1.807) is 30.9 Å². The maximum Gasteiger partial charge on any atom is 0.250 e. The fraction of sp³-hybridized carbons (Fsp3) is 0.467. The van der Waals surface area contributed by atoms with Crippen LogP contribution in [0.4, 0.5) is 10.1 Å². The van der Waals surface area contributed by atoms with Gasteiger partial charge < -0.3 is 4.90 Å². The molecule has 3 rings (SSSR count). The third kappa shape index (κ3) is 3.28. The molecule has 5 nitrogen and oxygen atoms in total. The van der Waals surface area contributed by atoms with Crippen molar-refractivity contribution in [3.8, 4) is 0 Å². The van der Waals surface area contributed by atoms with Crippen LogP contribution in [0.25, 0.3) is 0 Å². The fourth-order valence-electron chi connectivity index (χ4n) is 2.69. The summed E-state index contributed by atoms with van der Waals surface area (Å²) in [7, 11) is -3.10. The van der Waals surface area contributed by atoms with Crippen LogP contribution in [0.15, 0.2) is 29.3 Å². The Morgan fingerprint density at radius 3 is 2.57 bits per heavy atom. The Labute approximate surface area is 138 Å². The predicted molar refractivity (Wildman–Crippen MR) is 90.0 cm³/mol. The Balaban J connectivity index is 2.00. The third-order valence-electron chi connectivity index (χ3n) is 3.87. The zero-order valence-electron chi connectivity index (χ0n) is 12.8. The lowest BCUT2D eigenvalue weighted by atomic mass is 10.2. The molecule has 0 aliphatic carbocycles. The van der Waals surface area contributed by atoms with Crippen molar-refractivity contribution in [2.24, 2.45) is 10.9 Å². The van der Waals surface area contributed by atoms with E-state index in [9.17, 15) is 17.6 Å². The molecule has 2 atom stereocenters. The summed E-state index contributed by atoms with van der Waals surface area (Å²) in [5, 5.41) is 0.351. The summed E-state index contributed by atoms with van der Waals surface area (Å²) < 4.78 is 37.0. The number of anilines is 1. The van der Waals surface area contributed by atoms with E-state index in [0.717, 1.165) is 0 Å². The average molecular weight is 356 g/mol. The standard InChI is InChI=1S/C15H17FN2O3S2/c1-9(2)14(19)17-15-18(11-5-3-10(16)4-6-11)12-7-23(20,21)8-13(12)22-15/h3-6,9,12-13H,7-8H2,1-2H3/t12-,13+/m0/s1. The van der Waals surface area contributed by atoms with Gasteiger partial charge in [-0.05, 0) is 24.3 Å². The number of carbonyl (C=O) groups is 1. The summed E-state index contributed by atoms with van der Waals surface area (Å²) in [6.07, 6.45) is 0. The Morgan fingerprint density at radius 2 is 1.96 bits per heavy atom. The van der Waals surface area contributed by atoms with E-state index < -0.39 is 9.84 Å². The van der Waals surface area contributed by atoms with Gasteiger partial charge in [0.2, 0.25) is 0 Å². The molecule has 0 spiro atoms. The van der Waals surface area contributed by atoms with Crippen molar-refractivity contribution in [2.75, 3.05) is 16.4 Å². The highest BCUT2D eigenvalue weighted by molar-refractivity contribution is 8.16. The van der Waals surface area contributed by atoms with E-state index in [1.807, 2.05) is 0 Å². The van der Waals surface area contributed by atoms with Crippen molar-refractivity contribution in [1.29, 1.82) is 0 Å². The minimum atomic E-state index is -3.10. The van der Waals surface area contributed by atoms with Gasteiger partial charge in [-0.25, -0.2) is 12.8 Å². The van der Waals surface area contributed by atoms with E-state index in [1.165, 1.54) is 23.9 Å². The molecule has 2 aliphatic rings. The maximum absolute atomic E-state index is 13.2. The highest BCUT2D eigenvalue weighted by atomic mass is 32.2. The van der Waals surface area contributed by atoms with Crippen LogP contribution in [0.1, 0.15) is 13.8 Å². The first-order valence-corrected chi connectivity index (χ1v) is 10.0. The number of sulfone groups is 1. The monoisotopic (exact) mass is 356 g/mol.